The van der Waals surface area contributed by atoms with Gasteiger partial charge in [0.2, 0.25) is 0 Å². The van der Waals surface area contributed by atoms with E-state index in [-0.39, 0.29) is 19.0 Å². The first-order chi connectivity index (χ1) is 8.69. The second kappa shape index (κ2) is 5.51. The molecular weight excluding hydrogens is 233 g/mol. The fraction of sp³-hybridized carbons (Fsp3) is 0.143. The zero-order valence-electron chi connectivity index (χ0n) is 9.77. The summed E-state index contributed by atoms with van der Waals surface area (Å²) in [5.74, 6) is 0.275. The molecule has 0 atom stereocenters. The van der Waals surface area contributed by atoms with Crippen molar-refractivity contribution < 1.29 is 14.2 Å². The smallest absolute Gasteiger partial charge is 0.123 e. The Hall–Kier alpha value is -2.07. The lowest BCUT2D eigenvalue weighted by molar-refractivity contribution is 0.278. The predicted molar refractivity (Wildman–Crippen MR) is 67.5 cm³/mol. The van der Waals surface area contributed by atoms with Crippen molar-refractivity contribution >= 4 is 5.69 Å². The third-order valence-corrected chi connectivity index (χ3v) is 2.58. The van der Waals surface area contributed by atoms with Crippen LogP contribution in [0.25, 0.3) is 0 Å². The number of hydrogen-bond donors (Lipinski definition) is 2. The number of aliphatic hydroxyl groups is 1. The molecule has 4 heteroatoms. The number of rotatable bonds is 4. The maximum atomic E-state index is 13.0. The molecule has 0 saturated carbocycles. The molecule has 2 aromatic rings. The van der Waals surface area contributed by atoms with Gasteiger partial charge in [-0.15, -0.1) is 0 Å². The minimum Gasteiger partial charge on any atom is -0.489 e. The summed E-state index contributed by atoms with van der Waals surface area (Å²) >= 11 is 0. The van der Waals surface area contributed by atoms with Crippen LogP contribution in [0.2, 0.25) is 0 Å². The number of benzene rings is 2. The molecule has 0 heterocycles. The van der Waals surface area contributed by atoms with Crippen molar-refractivity contribution in [3.63, 3.8) is 0 Å². The van der Waals surface area contributed by atoms with E-state index in [9.17, 15) is 4.39 Å². The summed E-state index contributed by atoms with van der Waals surface area (Å²) in [6.45, 7) is 0.151. The summed E-state index contributed by atoms with van der Waals surface area (Å²) < 4.78 is 18.6. The molecular formula is C14H14FNO2. The highest BCUT2D eigenvalue weighted by Gasteiger charge is 2.03. The Morgan fingerprint density at radius 2 is 2.00 bits per heavy atom. The summed E-state index contributed by atoms with van der Waals surface area (Å²) in [6, 6.07) is 11.3. The molecule has 0 spiro atoms. The molecule has 18 heavy (non-hydrogen) atoms. The Balaban J connectivity index is 2.08. The lowest BCUT2D eigenvalue weighted by Crippen LogP contribution is -2.01. The molecule has 2 rings (SSSR count). The van der Waals surface area contributed by atoms with Crippen LogP contribution in [0.4, 0.5) is 10.1 Å². The van der Waals surface area contributed by atoms with Crippen LogP contribution in [0.5, 0.6) is 5.75 Å². The van der Waals surface area contributed by atoms with E-state index in [1.165, 1.54) is 18.2 Å². The molecule has 0 fully saturated rings. The van der Waals surface area contributed by atoms with Gasteiger partial charge >= 0.3 is 0 Å². The number of nitrogen functional groups attached to an aromatic ring is 1. The van der Waals surface area contributed by atoms with E-state index in [1.54, 1.807) is 24.3 Å². The lowest BCUT2D eigenvalue weighted by atomic mass is 10.2. The Bertz CT molecular complexity index is 543. The van der Waals surface area contributed by atoms with Gasteiger partial charge in [-0.05, 0) is 35.9 Å². The molecule has 0 aliphatic carbocycles. The van der Waals surface area contributed by atoms with Crippen LogP contribution < -0.4 is 10.5 Å². The third kappa shape index (κ3) is 2.99. The summed E-state index contributed by atoms with van der Waals surface area (Å²) in [7, 11) is 0. The van der Waals surface area contributed by atoms with Gasteiger partial charge in [0.05, 0.1) is 6.61 Å². The first kappa shape index (κ1) is 12.4. The molecule has 0 saturated heterocycles. The average Bonchev–Trinajstić information content (AvgIpc) is 2.40. The van der Waals surface area contributed by atoms with Gasteiger partial charge in [-0.1, -0.05) is 12.1 Å². The zero-order chi connectivity index (χ0) is 13.0. The number of hydrogen-bond acceptors (Lipinski definition) is 3. The highest BCUT2D eigenvalue weighted by atomic mass is 19.1. The number of aliphatic hydroxyl groups excluding tert-OH is 1. The Labute approximate surface area is 105 Å². The molecule has 0 radical (unpaired) electrons. The lowest BCUT2D eigenvalue weighted by Gasteiger charge is -2.09. The predicted octanol–water partition coefficient (Wildman–Crippen LogP) is 2.48. The second-order valence-corrected chi connectivity index (χ2v) is 3.94. The molecule has 2 aromatic carbocycles. The standard InChI is InChI=1S/C14H14FNO2/c15-12-4-5-14(16)11(7-12)9-18-13-3-1-2-10(6-13)8-17/h1-7,17H,8-9,16H2. The van der Waals surface area contributed by atoms with Gasteiger partial charge in [0.15, 0.2) is 0 Å². The van der Waals surface area contributed by atoms with Crippen molar-refractivity contribution in [2.45, 2.75) is 13.2 Å². The maximum absolute atomic E-state index is 13.0. The van der Waals surface area contributed by atoms with Gasteiger partial charge in [-0.25, -0.2) is 4.39 Å². The van der Waals surface area contributed by atoms with E-state index in [4.69, 9.17) is 15.6 Å². The van der Waals surface area contributed by atoms with E-state index >= 15 is 0 Å². The van der Waals surface area contributed by atoms with Crippen molar-refractivity contribution in [1.29, 1.82) is 0 Å². The molecule has 0 unspecified atom stereocenters. The Morgan fingerprint density at radius 1 is 1.17 bits per heavy atom. The van der Waals surface area contributed by atoms with Crippen molar-refractivity contribution in [2.75, 3.05) is 5.73 Å². The fourth-order valence-electron chi connectivity index (χ4n) is 1.59. The number of anilines is 1. The highest BCUT2D eigenvalue weighted by molar-refractivity contribution is 5.46. The van der Waals surface area contributed by atoms with Gasteiger partial charge in [0.1, 0.15) is 18.2 Å². The SMILES string of the molecule is Nc1ccc(F)cc1COc1cccc(CO)c1. The fourth-order valence-corrected chi connectivity index (χ4v) is 1.59. The quantitative estimate of drug-likeness (QED) is 0.816. The number of halogens is 1. The first-order valence-corrected chi connectivity index (χ1v) is 5.55. The summed E-state index contributed by atoms with van der Waals surface area (Å²) in [4.78, 5) is 0. The van der Waals surface area contributed by atoms with Crippen molar-refractivity contribution in [3.8, 4) is 5.75 Å². The van der Waals surface area contributed by atoms with Gasteiger partial charge in [-0.2, -0.15) is 0 Å². The van der Waals surface area contributed by atoms with Crippen LogP contribution in [-0.2, 0) is 13.2 Å². The highest BCUT2D eigenvalue weighted by Crippen LogP contribution is 2.18. The van der Waals surface area contributed by atoms with Crippen LogP contribution in [-0.4, -0.2) is 5.11 Å². The van der Waals surface area contributed by atoms with Gasteiger partial charge in [0.25, 0.3) is 0 Å². The number of ether oxygens (including phenoxy) is 1. The monoisotopic (exact) mass is 247 g/mol. The van der Waals surface area contributed by atoms with Gasteiger partial charge in [-0.3, -0.25) is 0 Å². The minimum absolute atomic E-state index is 0.0424. The summed E-state index contributed by atoms with van der Waals surface area (Å²) in [5, 5.41) is 9.00. The Morgan fingerprint density at radius 3 is 2.78 bits per heavy atom. The molecule has 0 bridgehead atoms. The molecule has 0 aromatic heterocycles. The van der Waals surface area contributed by atoms with Gasteiger partial charge < -0.3 is 15.6 Å². The third-order valence-electron chi connectivity index (χ3n) is 2.58. The molecule has 0 amide bonds. The van der Waals surface area contributed by atoms with Gasteiger partial charge in [0, 0.05) is 11.3 Å². The first-order valence-electron chi connectivity index (χ1n) is 5.55. The van der Waals surface area contributed by atoms with Crippen LogP contribution in [0, 0.1) is 5.82 Å². The topological polar surface area (TPSA) is 55.5 Å². The van der Waals surface area contributed by atoms with Crippen molar-refractivity contribution in [3.05, 3.63) is 59.4 Å². The zero-order valence-corrected chi connectivity index (χ0v) is 9.77. The van der Waals surface area contributed by atoms with Crippen molar-refractivity contribution in [2.24, 2.45) is 0 Å². The second-order valence-electron chi connectivity index (χ2n) is 3.94. The largest absolute Gasteiger partial charge is 0.489 e. The molecule has 3 nitrogen and oxygen atoms in total. The molecule has 3 N–H and O–H groups in total. The van der Waals surface area contributed by atoms with Crippen molar-refractivity contribution in [1.82, 2.24) is 0 Å². The van der Waals surface area contributed by atoms with Crippen LogP contribution in [0.3, 0.4) is 0 Å². The summed E-state index contributed by atoms with van der Waals surface area (Å²) in [6.07, 6.45) is 0. The minimum atomic E-state index is -0.341. The van der Waals surface area contributed by atoms with E-state index in [0.29, 0.717) is 17.0 Å². The van der Waals surface area contributed by atoms with E-state index in [2.05, 4.69) is 0 Å². The summed E-state index contributed by atoms with van der Waals surface area (Å²) in [5.41, 5.74) is 7.58. The maximum Gasteiger partial charge on any atom is 0.123 e. The van der Waals surface area contributed by atoms with Crippen LogP contribution in [0.15, 0.2) is 42.5 Å². The van der Waals surface area contributed by atoms with E-state index in [1.807, 2.05) is 0 Å². The normalized spacial score (nSPS) is 10.3. The molecule has 0 aliphatic heterocycles. The Kier molecular flexibility index (Phi) is 3.79. The van der Waals surface area contributed by atoms with E-state index in [0.717, 1.165) is 5.56 Å². The molecule has 94 valence electrons. The van der Waals surface area contributed by atoms with E-state index < -0.39 is 0 Å². The average molecular weight is 247 g/mol. The van der Waals surface area contributed by atoms with Crippen LogP contribution in [0.1, 0.15) is 11.1 Å². The number of nitrogens with two attached hydrogens (primary N) is 1. The molecule has 0 aliphatic rings. The van der Waals surface area contributed by atoms with Crippen LogP contribution >= 0.6 is 0 Å².